The number of rotatable bonds is 2. The summed E-state index contributed by atoms with van der Waals surface area (Å²) in [5.41, 5.74) is 5.47. The molecule has 5 rings (SSSR count). The first-order chi connectivity index (χ1) is 12.7. The monoisotopic (exact) mass is 353 g/mol. The van der Waals surface area contributed by atoms with Gasteiger partial charge in [-0.3, -0.25) is 0 Å². The fourth-order valence-electron chi connectivity index (χ4n) is 6.04. The molecule has 4 aliphatic rings. The van der Waals surface area contributed by atoms with Crippen LogP contribution in [0.15, 0.2) is 41.1 Å². The van der Waals surface area contributed by atoms with Crippen LogP contribution in [0.1, 0.15) is 25.3 Å². The SMILES string of the molecule is C/C=C1/C[NH+]2CC[C@]34C(=C(C(=O)OC)[C@H]1C[C@H]23)Nc1c(OC)cccc14. The summed E-state index contributed by atoms with van der Waals surface area (Å²) in [4.78, 5) is 14.5. The van der Waals surface area contributed by atoms with Crippen LogP contribution >= 0.6 is 0 Å². The van der Waals surface area contributed by atoms with Crippen LogP contribution in [0.3, 0.4) is 0 Å². The number of piperidine rings is 1. The predicted octanol–water partition coefficient (Wildman–Crippen LogP) is 1.42. The third-order valence-corrected chi connectivity index (χ3v) is 7.10. The second-order valence-electron chi connectivity index (χ2n) is 7.80. The fraction of sp³-hybridized carbons (Fsp3) is 0.476. The van der Waals surface area contributed by atoms with Crippen molar-refractivity contribution in [1.82, 2.24) is 0 Å². The lowest BCUT2D eigenvalue weighted by molar-refractivity contribution is -0.914. The summed E-state index contributed by atoms with van der Waals surface area (Å²) in [6.07, 6.45) is 4.27. The number of allylic oxidation sites excluding steroid dienone is 1. The van der Waals surface area contributed by atoms with Crippen molar-refractivity contribution in [2.45, 2.75) is 31.2 Å². The number of ether oxygens (including phenoxy) is 2. The Balaban J connectivity index is 1.82. The minimum atomic E-state index is -0.197. The molecule has 0 aromatic heterocycles. The smallest absolute Gasteiger partial charge is 0.336 e. The summed E-state index contributed by atoms with van der Waals surface area (Å²) >= 11 is 0. The molecule has 1 spiro atoms. The van der Waals surface area contributed by atoms with E-state index in [-0.39, 0.29) is 17.3 Å². The second kappa shape index (κ2) is 5.36. The maximum Gasteiger partial charge on any atom is 0.336 e. The van der Waals surface area contributed by atoms with E-state index in [4.69, 9.17) is 9.47 Å². The van der Waals surface area contributed by atoms with Crippen molar-refractivity contribution in [1.29, 1.82) is 0 Å². The lowest BCUT2D eigenvalue weighted by Gasteiger charge is -2.45. The molecular weight excluding hydrogens is 328 g/mol. The summed E-state index contributed by atoms with van der Waals surface area (Å²) < 4.78 is 10.9. The standard InChI is InChI=1S/C21H24N2O3/c1-4-12-11-23-9-8-21-14-6-5-7-15(25-2)18(14)22-19(21)17(20(24)26-3)13(12)10-16(21)23/h4-7,13,16,22H,8-11H2,1-3H3/p+1/b12-4-/t13-,16-,21+/m0/s1. The van der Waals surface area contributed by atoms with Crippen LogP contribution in [0.4, 0.5) is 5.69 Å². The lowest BCUT2D eigenvalue weighted by atomic mass is 9.62. The number of nitrogens with one attached hydrogen (secondary N) is 2. The van der Waals surface area contributed by atoms with Crippen molar-refractivity contribution in [2.75, 3.05) is 32.6 Å². The van der Waals surface area contributed by atoms with Gasteiger partial charge in [-0.05, 0) is 24.1 Å². The molecule has 3 aliphatic heterocycles. The van der Waals surface area contributed by atoms with Crippen molar-refractivity contribution >= 4 is 11.7 Å². The Morgan fingerprint density at radius 3 is 2.96 bits per heavy atom. The van der Waals surface area contributed by atoms with Gasteiger partial charge < -0.3 is 19.7 Å². The minimum Gasteiger partial charge on any atom is -0.495 e. The molecule has 1 aliphatic carbocycles. The first-order valence-corrected chi connectivity index (χ1v) is 9.42. The minimum absolute atomic E-state index is 0.113. The van der Waals surface area contributed by atoms with Crippen molar-refractivity contribution in [3.05, 3.63) is 46.7 Å². The Hall–Kier alpha value is -2.27. The van der Waals surface area contributed by atoms with E-state index in [1.165, 1.54) is 18.2 Å². The molecule has 2 fully saturated rings. The summed E-state index contributed by atoms with van der Waals surface area (Å²) in [6.45, 7) is 4.25. The normalized spacial score (nSPS) is 35.0. The summed E-state index contributed by atoms with van der Waals surface area (Å²) in [5.74, 6) is 0.810. The Labute approximate surface area is 153 Å². The highest BCUT2D eigenvalue weighted by molar-refractivity contribution is 5.94. The Bertz CT molecular complexity index is 872. The topological polar surface area (TPSA) is 52.0 Å². The number of anilines is 1. The van der Waals surface area contributed by atoms with E-state index in [9.17, 15) is 4.79 Å². The Kier molecular flexibility index (Phi) is 3.29. The quantitative estimate of drug-likeness (QED) is 0.624. The van der Waals surface area contributed by atoms with Gasteiger partial charge in [0.25, 0.3) is 0 Å². The Morgan fingerprint density at radius 1 is 1.38 bits per heavy atom. The first kappa shape index (κ1) is 15.9. The van der Waals surface area contributed by atoms with Crippen LogP contribution in [-0.2, 0) is 14.9 Å². The van der Waals surface area contributed by atoms with Crippen LogP contribution in [0.5, 0.6) is 5.75 Å². The van der Waals surface area contributed by atoms with Crippen LogP contribution in [0, 0.1) is 5.92 Å². The van der Waals surface area contributed by atoms with Crippen LogP contribution < -0.4 is 15.0 Å². The van der Waals surface area contributed by atoms with E-state index < -0.39 is 0 Å². The van der Waals surface area contributed by atoms with Gasteiger partial charge >= 0.3 is 5.97 Å². The number of hydrogen-bond acceptors (Lipinski definition) is 4. The van der Waals surface area contributed by atoms with Gasteiger partial charge in [0.15, 0.2) is 0 Å². The molecule has 26 heavy (non-hydrogen) atoms. The molecule has 2 N–H and O–H groups in total. The van der Waals surface area contributed by atoms with Gasteiger partial charge in [-0.25, -0.2) is 4.79 Å². The third kappa shape index (κ3) is 1.72. The molecule has 2 saturated heterocycles. The lowest BCUT2D eigenvalue weighted by Crippen LogP contribution is -3.16. The number of carbonyl (C=O) groups excluding carboxylic acids is 1. The molecule has 1 unspecified atom stereocenters. The molecule has 5 heteroatoms. The summed E-state index contributed by atoms with van der Waals surface area (Å²) in [5, 5.41) is 3.63. The van der Waals surface area contributed by atoms with Gasteiger partial charge in [0.2, 0.25) is 0 Å². The zero-order valence-electron chi connectivity index (χ0n) is 15.5. The Morgan fingerprint density at radius 2 is 2.23 bits per heavy atom. The average Bonchev–Trinajstić information content (AvgIpc) is 3.23. The summed E-state index contributed by atoms with van der Waals surface area (Å²) in [6, 6.07) is 6.77. The van der Waals surface area contributed by atoms with Crippen molar-refractivity contribution < 1.29 is 19.2 Å². The van der Waals surface area contributed by atoms with E-state index in [0.717, 1.165) is 48.6 Å². The molecule has 0 amide bonds. The fourth-order valence-corrected chi connectivity index (χ4v) is 6.04. The number of hydrogen-bond donors (Lipinski definition) is 2. The molecule has 0 saturated carbocycles. The maximum absolute atomic E-state index is 12.9. The second-order valence-corrected chi connectivity index (χ2v) is 7.80. The molecule has 0 radical (unpaired) electrons. The number of fused-ring (bicyclic) bond motifs is 2. The molecular formula is C21H25N2O3+. The van der Waals surface area contributed by atoms with E-state index in [1.54, 1.807) is 12.0 Å². The molecule has 136 valence electrons. The molecule has 5 nitrogen and oxygen atoms in total. The molecule has 3 heterocycles. The molecule has 2 bridgehead atoms. The number of esters is 1. The largest absolute Gasteiger partial charge is 0.495 e. The third-order valence-electron chi connectivity index (χ3n) is 7.10. The van der Waals surface area contributed by atoms with E-state index >= 15 is 0 Å². The first-order valence-electron chi connectivity index (χ1n) is 9.42. The van der Waals surface area contributed by atoms with Gasteiger partial charge in [-0.1, -0.05) is 18.2 Å². The maximum atomic E-state index is 12.9. The van der Waals surface area contributed by atoms with Crippen LogP contribution in [0.2, 0.25) is 0 Å². The molecule has 1 aromatic carbocycles. The van der Waals surface area contributed by atoms with Gasteiger partial charge in [-0.15, -0.1) is 0 Å². The predicted molar refractivity (Wildman–Crippen MR) is 98.3 cm³/mol. The van der Waals surface area contributed by atoms with Gasteiger partial charge in [0.1, 0.15) is 11.8 Å². The highest BCUT2D eigenvalue weighted by Crippen LogP contribution is 2.58. The van der Waals surface area contributed by atoms with Crippen LogP contribution in [0.25, 0.3) is 0 Å². The van der Waals surface area contributed by atoms with E-state index in [1.807, 2.05) is 6.07 Å². The molecule has 4 atom stereocenters. The number of benzene rings is 1. The number of carbonyl (C=O) groups is 1. The van der Waals surface area contributed by atoms with Crippen molar-refractivity contribution in [3.63, 3.8) is 0 Å². The van der Waals surface area contributed by atoms with Gasteiger partial charge in [0, 0.05) is 24.5 Å². The highest BCUT2D eigenvalue weighted by atomic mass is 16.5. The highest BCUT2D eigenvalue weighted by Gasteiger charge is 2.65. The van der Waals surface area contributed by atoms with Crippen LogP contribution in [-0.4, -0.2) is 39.3 Å². The van der Waals surface area contributed by atoms with Crippen molar-refractivity contribution in [3.8, 4) is 5.75 Å². The zero-order chi connectivity index (χ0) is 18.1. The average molecular weight is 353 g/mol. The van der Waals surface area contributed by atoms with E-state index in [2.05, 4.69) is 30.4 Å². The van der Waals surface area contributed by atoms with Gasteiger partial charge in [0.05, 0.1) is 44.0 Å². The number of quaternary nitrogens is 1. The molecule has 1 aromatic rings. The van der Waals surface area contributed by atoms with Gasteiger partial charge in [-0.2, -0.15) is 0 Å². The van der Waals surface area contributed by atoms with E-state index in [0.29, 0.717) is 6.04 Å². The number of methoxy groups -OCH3 is 2. The zero-order valence-corrected chi connectivity index (χ0v) is 15.5. The number of para-hydroxylation sites is 1. The summed E-state index contributed by atoms with van der Waals surface area (Å²) in [7, 11) is 3.19. The van der Waals surface area contributed by atoms with Crippen molar-refractivity contribution in [2.24, 2.45) is 5.92 Å².